The van der Waals surface area contributed by atoms with E-state index < -0.39 is 0 Å². The molecule has 1 rings (SSSR count). The highest BCUT2D eigenvalue weighted by atomic mass is 79.9. The van der Waals surface area contributed by atoms with Crippen molar-refractivity contribution in [1.29, 1.82) is 0 Å². The zero-order valence-corrected chi connectivity index (χ0v) is 14.6. The fourth-order valence-corrected chi connectivity index (χ4v) is 2.64. The first-order valence-corrected chi connectivity index (χ1v) is 7.46. The van der Waals surface area contributed by atoms with Crippen LogP contribution in [0.5, 0.6) is 0 Å². The first-order valence-electron chi connectivity index (χ1n) is 5.87. The summed E-state index contributed by atoms with van der Waals surface area (Å²) in [4.78, 5) is 0. The monoisotopic (exact) mass is 375 g/mol. The molecule has 0 heterocycles. The summed E-state index contributed by atoms with van der Waals surface area (Å²) < 4.78 is 1.96. The molecule has 0 saturated heterocycles. The van der Waals surface area contributed by atoms with Crippen LogP contribution in [-0.2, 0) is 0 Å². The van der Waals surface area contributed by atoms with Gasteiger partial charge >= 0.3 is 0 Å². The lowest BCUT2D eigenvalue weighted by Gasteiger charge is -2.14. The highest BCUT2D eigenvalue weighted by Crippen LogP contribution is 2.36. The molecule has 0 atom stereocenters. The standard InChI is InChI=1S/C13H19Br2N3/c1-8(2)16-12-10(14)6-9(7-11(12)15)17-18-13(3,4)5/h6-8,16H,1-5H3. The zero-order chi connectivity index (χ0) is 13.9. The average molecular weight is 377 g/mol. The van der Waals surface area contributed by atoms with Crippen molar-refractivity contribution in [3.8, 4) is 0 Å². The van der Waals surface area contributed by atoms with Gasteiger partial charge in [-0.2, -0.15) is 10.2 Å². The van der Waals surface area contributed by atoms with Gasteiger partial charge in [-0.05, 0) is 78.6 Å². The van der Waals surface area contributed by atoms with Crippen molar-refractivity contribution in [2.45, 2.75) is 46.2 Å². The van der Waals surface area contributed by atoms with Crippen LogP contribution in [0.3, 0.4) is 0 Å². The molecule has 0 radical (unpaired) electrons. The number of halogens is 2. The topological polar surface area (TPSA) is 36.8 Å². The molecule has 0 amide bonds. The molecule has 0 aromatic heterocycles. The van der Waals surface area contributed by atoms with Crippen LogP contribution in [0.15, 0.2) is 31.3 Å². The third-order valence-electron chi connectivity index (χ3n) is 1.93. The number of rotatable bonds is 3. The molecule has 18 heavy (non-hydrogen) atoms. The largest absolute Gasteiger partial charge is 0.381 e. The Kier molecular flexibility index (Phi) is 5.34. The van der Waals surface area contributed by atoms with Crippen molar-refractivity contribution >= 4 is 43.2 Å². The highest BCUT2D eigenvalue weighted by molar-refractivity contribution is 9.11. The molecule has 0 saturated carbocycles. The van der Waals surface area contributed by atoms with E-state index in [1.165, 1.54) is 0 Å². The van der Waals surface area contributed by atoms with E-state index in [1.807, 2.05) is 32.9 Å². The van der Waals surface area contributed by atoms with Crippen LogP contribution in [0, 0.1) is 0 Å². The predicted molar refractivity (Wildman–Crippen MR) is 84.9 cm³/mol. The Balaban J connectivity index is 3.03. The minimum atomic E-state index is -0.159. The Bertz CT molecular complexity index is 425. The summed E-state index contributed by atoms with van der Waals surface area (Å²) >= 11 is 7.11. The Morgan fingerprint density at radius 3 is 2.00 bits per heavy atom. The summed E-state index contributed by atoms with van der Waals surface area (Å²) in [7, 11) is 0. The molecule has 0 fully saturated rings. The lowest BCUT2D eigenvalue weighted by atomic mass is 10.1. The van der Waals surface area contributed by atoms with Gasteiger partial charge in [-0.3, -0.25) is 0 Å². The number of anilines is 1. The normalized spacial score (nSPS) is 12.4. The predicted octanol–water partition coefficient (Wildman–Crippen LogP) is 5.91. The Labute approximate surface area is 126 Å². The van der Waals surface area contributed by atoms with Crippen molar-refractivity contribution in [3.05, 3.63) is 21.1 Å². The smallest absolute Gasteiger partial charge is 0.0876 e. The maximum Gasteiger partial charge on any atom is 0.0876 e. The molecule has 5 heteroatoms. The Morgan fingerprint density at radius 1 is 1.11 bits per heavy atom. The molecule has 3 nitrogen and oxygen atoms in total. The number of nitrogens with zero attached hydrogens (tertiary/aromatic N) is 2. The molecular weight excluding hydrogens is 358 g/mol. The quantitative estimate of drug-likeness (QED) is 0.653. The van der Waals surface area contributed by atoms with Gasteiger partial charge in [-0.25, -0.2) is 0 Å². The van der Waals surface area contributed by atoms with Gasteiger partial charge in [0.05, 0.1) is 16.9 Å². The molecule has 1 N–H and O–H groups in total. The molecular formula is C13H19Br2N3. The second-order valence-electron chi connectivity index (χ2n) is 5.45. The second kappa shape index (κ2) is 6.15. The van der Waals surface area contributed by atoms with E-state index in [2.05, 4.69) is 61.3 Å². The van der Waals surface area contributed by atoms with Crippen molar-refractivity contribution in [2.75, 3.05) is 5.32 Å². The number of hydrogen-bond donors (Lipinski definition) is 1. The summed E-state index contributed by atoms with van der Waals surface area (Å²) in [6.07, 6.45) is 0. The van der Waals surface area contributed by atoms with Crippen molar-refractivity contribution < 1.29 is 0 Å². The van der Waals surface area contributed by atoms with E-state index in [-0.39, 0.29) is 5.54 Å². The van der Waals surface area contributed by atoms with E-state index >= 15 is 0 Å². The molecule has 0 aliphatic carbocycles. The first kappa shape index (κ1) is 15.6. The summed E-state index contributed by atoms with van der Waals surface area (Å²) in [6.45, 7) is 10.3. The molecule has 1 aromatic rings. The third kappa shape index (κ3) is 5.06. The molecule has 0 aliphatic rings. The second-order valence-corrected chi connectivity index (χ2v) is 7.16. The van der Waals surface area contributed by atoms with Gasteiger partial charge in [0.1, 0.15) is 0 Å². The van der Waals surface area contributed by atoms with Crippen LogP contribution in [0.25, 0.3) is 0 Å². The van der Waals surface area contributed by atoms with E-state index in [4.69, 9.17) is 0 Å². The van der Waals surface area contributed by atoms with Crippen molar-refractivity contribution in [1.82, 2.24) is 0 Å². The van der Waals surface area contributed by atoms with E-state index in [1.54, 1.807) is 0 Å². The lowest BCUT2D eigenvalue weighted by molar-refractivity contribution is 0.552. The fraction of sp³-hybridized carbons (Fsp3) is 0.538. The summed E-state index contributed by atoms with van der Waals surface area (Å²) in [5.41, 5.74) is 1.71. The number of nitrogens with one attached hydrogen (secondary N) is 1. The first-order chi connectivity index (χ1) is 8.19. The van der Waals surface area contributed by atoms with E-state index in [9.17, 15) is 0 Å². The summed E-state index contributed by atoms with van der Waals surface area (Å²) in [6, 6.07) is 4.30. The molecule has 1 aromatic carbocycles. The molecule has 0 unspecified atom stereocenters. The van der Waals surface area contributed by atoms with Crippen molar-refractivity contribution in [3.63, 3.8) is 0 Å². The maximum absolute atomic E-state index is 4.26. The third-order valence-corrected chi connectivity index (χ3v) is 3.18. The van der Waals surface area contributed by atoms with E-state index in [0.717, 1.165) is 20.3 Å². The number of hydrogen-bond acceptors (Lipinski definition) is 3. The highest BCUT2D eigenvalue weighted by Gasteiger charge is 2.10. The SMILES string of the molecule is CC(C)Nc1c(Br)cc(N=NC(C)(C)C)cc1Br. The number of azo groups is 1. The zero-order valence-electron chi connectivity index (χ0n) is 11.4. The lowest BCUT2D eigenvalue weighted by Crippen LogP contribution is -2.10. The van der Waals surface area contributed by atoms with Crippen molar-refractivity contribution in [2.24, 2.45) is 10.2 Å². The minimum absolute atomic E-state index is 0.159. The van der Waals surface area contributed by atoms with Gasteiger partial charge in [0, 0.05) is 15.0 Å². The minimum Gasteiger partial charge on any atom is -0.381 e. The van der Waals surface area contributed by atoms with Crippen LogP contribution in [0.4, 0.5) is 11.4 Å². The fourth-order valence-electron chi connectivity index (χ4n) is 1.25. The van der Waals surface area contributed by atoms with Gasteiger partial charge in [0.2, 0.25) is 0 Å². The molecule has 0 aliphatic heterocycles. The van der Waals surface area contributed by atoms with Gasteiger partial charge in [0.15, 0.2) is 0 Å². The van der Waals surface area contributed by atoms with E-state index in [0.29, 0.717) is 6.04 Å². The Morgan fingerprint density at radius 2 is 1.61 bits per heavy atom. The Hall–Kier alpha value is -0.420. The van der Waals surface area contributed by atoms with Crippen LogP contribution in [-0.4, -0.2) is 11.6 Å². The summed E-state index contributed by atoms with van der Waals surface area (Å²) in [5.74, 6) is 0. The molecule has 100 valence electrons. The molecule has 0 bridgehead atoms. The van der Waals surface area contributed by atoms with Gasteiger partial charge in [-0.15, -0.1) is 0 Å². The van der Waals surface area contributed by atoms with Gasteiger partial charge in [0.25, 0.3) is 0 Å². The summed E-state index contributed by atoms with van der Waals surface area (Å²) in [5, 5.41) is 11.9. The van der Waals surface area contributed by atoms with Gasteiger partial charge < -0.3 is 5.32 Å². The average Bonchev–Trinajstić information content (AvgIpc) is 2.19. The maximum atomic E-state index is 4.26. The van der Waals surface area contributed by atoms with Crippen LogP contribution >= 0.6 is 31.9 Å². The van der Waals surface area contributed by atoms with Crippen LogP contribution in [0.1, 0.15) is 34.6 Å². The van der Waals surface area contributed by atoms with Gasteiger partial charge in [-0.1, -0.05) is 0 Å². The van der Waals surface area contributed by atoms with Crippen LogP contribution < -0.4 is 5.32 Å². The molecule has 0 spiro atoms. The number of benzene rings is 1. The van der Waals surface area contributed by atoms with Crippen LogP contribution in [0.2, 0.25) is 0 Å².